The van der Waals surface area contributed by atoms with Gasteiger partial charge >= 0.3 is 0 Å². The third-order valence-electron chi connectivity index (χ3n) is 7.70. The van der Waals surface area contributed by atoms with E-state index >= 15 is 0 Å². The maximum Gasteiger partial charge on any atom is 0.166 e. The summed E-state index contributed by atoms with van der Waals surface area (Å²) in [5, 5.41) is 26.5. The molecule has 1 aromatic carbocycles. The molecule has 0 radical (unpaired) electrons. The van der Waals surface area contributed by atoms with Crippen molar-refractivity contribution in [1.29, 1.82) is 0 Å². The van der Waals surface area contributed by atoms with Crippen LogP contribution in [-0.2, 0) is 34.0 Å². The highest BCUT2D eigenvalue weighted by Gasteiger charge is 2.17. The van der Waals surface area contributed by atoms with Crippen molar-refractivity contribution in [3.8, 4) is 0 Å². The maximum atomic E-state index is 6.27. The van der Waals surface area contributed by atoms with Crippen molar-refractivity contribution < 1.29 is 14.2 Å². The molecule has 0 saturated carbocycles. The molecule has 0 aliphatic heterocycles. The first-order chi connectivity index (χ1) is 23.8. The minimum Gasteiger partial charge on any atom is -0.373 e. The van der Waals surface area contributed by atoms with E-state index in [1.807, 2.05) is 102 Å². The van der Waals surface area contributed by atoms with Crippen LogP contribution in [0.25, 0.3) is 0 Å². The normalized spacial score (nSPS) is 11.8. The fraction of sp³-hybridized carbons (Fsp3) is 0.273. The van der Waals surface area contributed by atoms with Gasteiger partial charge in [-0.1, -0.05) is 18.2 Å². The van der Waals surface area contributed by atoms with E-state index in [9.17, 15) is 0 Å². The molecule has 0 fully saturated rings. The first kappa shape index (κ1) is 31.0. The van der Waals surface area contributed by atoms with E-state index < -0.39 is 0 Å². The molecule has 0 atom stereocenters. The van der Waals surface area contributed by atoms with Crippen molar-refractivity contribution in [1.82, 2.24) is 58.7 Å². The third-order valence-corrected chi connectivity index (χ3v) is 7.70. The second-order valence-corrected chi connectivity index (χ2v) is 11.1. The van der Waals surface area contributed by atoms with Crippen LogP contribution in [-0.4, -0.2) is 78.5 Å². The third kappa shape index (κ3) is 7.66. The number of ether oxygens (including phenoxy) is 3. The predicted octanol–water partition coefficient (Wildman–Crippen LogP) is 3.66. The summed E-state index contributed by atoms with van der Waals surface area (Å²) in [5.41, 5.74) is 3.00. The lowest BCUT2D eigenvalue weighted by molar-refractivity contribution is 0.0668. The molecule has 7 rings (SSSR count). The summed E-state index contributed by atoms with van der Waals surface area (Å²) in [4.78, 5) is 0. The van der Waals surface area contributed by atoms with Crippen LogP contribution in [0, 0.1) is 0 Å². The zero-order chi connectivity index (χ0) is 32.4. The summed E-state index contributed by atoms with van der Waals surface area (Å²) in [6.45, 7) is 2.27. The monoisotopic (exact) mass is 648 g/mol. The summed E-state index contributed by atoms with van der Waals surface area (Å²) in [7, 11) is 0. The van der Waals surface area contributed by atoms with E-state index in [4.69, 9.17) is 14.2 Å². The molecular weight excluding hydrogens is 612 g/mol. The van der Waals surface area contributed by atoms with Crippen LogP contribution in [0.1, 0.15) is 35.2 Å². The Morgan fingerprint density at radius 1 is 0.375 bits per heavy atom. The summed E-state index contributed by atoms with van der Waals surface area (Å²) >= 11 is 0. The highest BCUT2D eigenvalue weighted by molar-refractivity contribution is 5.29. The zero-order valence-electron chi connectivity index (χ0n) is 26.2. The summed E-state index contributed by atoms with van der Waals surface area (Å²) in [6, 6.07) is 17.6. The lowest BCUT2D eigenvalue weighted by Gasteiger charge is -2.20. The van der Waals surface area contributed by atoms with Gasteiger partial charge in [-0.2, -0.15) is 30.6 Å². The molecule has 0 bridgehead atoms. The van der Waals surface area contributed by atoms with Gasteiger partial charge < -0.3 is 14.2 Å². The van der Waals surface area contributed by atoms with Gasteiger partial charge in [0.05, 0.1) is 39.6 Å². The summed E-state index contributed by atoms with van der Waals surface area (Å²) in [6.07, 6.45) is 21.3. The minimum absolute atomic E-state index is 0.215. The Bertz CT molecular complexity index is 1530. The molecule has 15 nitrogen and oxygen atoms in total. The molecular formula is C33H36N12O3. The second kappa shape index (κ2) is 15.3. The van der Waals surface area contributed by atoms with Gasteiger partial charge in [0, 0.05) is 74.4 Å². The Morgan fingerprint density at radius 2 is 0.604 bits per heavy atom. The van der Waals surface area contributed by atoms with Gasteiger partial charge in [-0.25, -0.2) is 28.1 Å². The van der Waals surface area contributed by atoms with Gasteiger partial charge in [0.25, 0.3) is 0 Å². The molecule has 0 spiro atoms. The van der Waals surface area contributed by atoms with Crippen LogP contribution >= 0.6 is 0 Å². The number of rotatable bonds is 18. The quantitative estimate of drug-likeness (QED) is 0.137. The van der Waals surface area contributed by atoms with Gasteiger partial charge in [-0.3, -0.25) is 0 Å². The van der Waals surface area contributed by atoms with Crippen LogP contribution in [0.4, 0.5) is 0 Å². The fourth-order valence-electron chi connectivity index (χ4n) is 5.50. The van der Waals surface area contributed by atoms with Gasteiger partial charge in [-0.15, -0.1) is 0 Å². The minimum atomic E-state index is -0.215. The van der Waals surface area contributed by atoms with E-state index in [1.165, 1.54) is 0 Å². The van der Waals surface area contributed by atoms with Crippen LogP contribution < -0.4 is 0 Å². The summed E-state index contributed by atoms with van der Waals surface area (Å²) < 4.78 is 29.8. The van der Waals surface area contributed by atoms with Gasteiger partial charge in [0.15, 0.2) is 18.5 Å². The van der Waals surface area contributed by atoms with Crippen LogP contribution in [0.2, 0.25) is 0 Å². The highest BCUT2D eigenvalue weighted by atomic mass is 16.5. The number of hydrogen-bond acceptors (Lipinski definition) is 9. The van der Waals surface area contributed by atoms with Crippen molar-refractivity contribution in [3.63, 3.8) is 0 Å². The number of nitrogens with zero attached hydrogens (tertiary/aromatic N) is 12. The highest BCUT2D eigenvalue weighted by Crippen LogP contribution is 2.18. The van der Waals surface area contributed by atoms with E-state index in [1.54, 1.807) is 37.2 Å². The topological polar surface area (TPSA) is 135 Å². The number of benzene rings is 1. The van der Waals surface area contributed by atoms with Crippen molar-refractivity contribution >= 4 is 0 Å². The molecule has 0 aliphatic rings. The molecule has 0 saturated heterocycles. The van der Waals surface area contributed by atoms with E-state index in [2.05, 4.69) is 48.8 Å². The molecule has 246 valence electrons. The Balaban J connectivity index is 1.05. The standard InChI is InChI=1S/C33H36N12O3/c1-7-34-40(13-1)31(41-14-2-8-35-41)25-46-22-28-19-29(23-47-26-32(42-15-3-9-36-42)43-16-4-10-37-43)21-30(20-28)24-48-27-33(44-17-5-11-38-44)45-18-6-12-39-45/h1-21,31-33H,22-27H2. The smallest absolute Gasteiger partial charge is 0.166 e. The Labute approximate surface area is 276 Å². The lowest BCUT2D eigenvalue weighted by atomic mass is 10.1. The molecule has 0 N–H and O–H groups in total. The molecule has 7 aromatic rings. The van der Waals surface area contributed by atoms with Crippen molar-refractivity contribution in [2.24, 2.45) is 0 Å². The van der Waals surface area contributed by atoms with Crippen molar-refractivity contribution in [3.05, 3.63) is 146 Å². The average Bonchev–Trinajstić information content (AvgIpc) is 3.97. The van der Waals surface area contributed by atoms with Crippen molar-refractivity contribution in [2.75, 3.05) is 19.8 Å². The molecule has 48 heavy (non-hydrogen) atoms. The average molecular weight is 649 g/mol. The Morgan fingerprint density at radius 3 is 0.792 bits per heavy atom. The van der Waals surface area contributed by atoms with Crippen molar-refractivity contribution in [2.45, 2.75) is 38.3 Å². The van der Waals surface area contributed by atoms with E-state index in [-0.39, 0.29) is 18.5 Å². The van der Waals surface area contributed by atoms with Crippen LogP contribution in [0.5, 0.6) is 0 Å². The van der Waals surface area contributed by atoms with Crippen LogP contribution in [0.3, 0.4) is 0 Å². The molecule has 6 aromatic heterocycles. The largest absolute Gasteiger partial charge is 0.373 e. The van der Waals surface area contributed by atoms with Gasteiger partial charge in [0.1, 0.15) is 0 Å². The predicted molar refractivity (Wildman–Crippen MR) is 172 cm³/mol. The molecule has 0 aliphatic carbocycles. The SMILES string of the molecule is c1cnn(C(COCc2cc(COCC(n3cccn3)n3cccn3)cc(COCC(n3cccn3)n3cccn3)c2)n2cccn2)c1. The molecule has 0 amide bonds. The number of hydrogen-bond donors (Lipinski definition) is 0. The van der Waals surface area contributed by atoms with E-state index in [0.29, 0.717) is 39.6 Å². The second-order valence-electron chi connectivity index (χ2n) is 11.1. The molecule has 6 heterocycles. The lowest BCUT2D eigenvalue weighted by Crippen LogP contribution is -2.24. The Hall–Kier alpha value is -5.64. The van der Waals surface area contributed by atoms with E-state index in [0.717, 1.165) is 16.7 Å². The van der Waals surface area contributed by atoms with Gasteiger partial charge in [0.2, 0.25) is 0 Å². The zero-order valence-corrected chi connectivity index (χ0v) is 26.2. The maximum absolute atomic E-state index is 6.27. The first-order valence-electron chi connectivity index (χ1n) is 15.6. The molecule has 0 unspecified atom stereocenters. The van der Waals surface area contributed by atoms with Crippen LogP contribution in [0.15, 0.2) is 129 Å². The fourth-order valence-corrected chi connectivity index (χ4v) is 5.50. The molecule has 15 heteroatoms. The van der Waals surface area contributed by atoms with Gasteiger partial charge in [-0.05, 0) is 53.1 Å². The Kier molecular flexibility index (Phi) is 9.88. The first-order valence-corrected chi connectivity index (χ1v) is 15.6. The summed E-state index contributed by atoms with van der Waals surface area (Å²) in [5.74, 6) is 0. The number of aromatic nitrogens is 12.